The topological polar surface area (TPSA) is 54.4 Å². The number of methoxy groups -OCH3 is 1. The largest absolute Gasteiger partial charge is 0.504 e. The number of aromatic nitrogens is 1. The van der Waals surface area contributed by atoms with Gasteiger partial charge in [-0.1, -0.05) is 6.07 Å². The standard InChI is InChI=1S/C15H14N2O2S/c1-19-14-6-10(2-5-13(14)18)8-16-11-3-4-12-15(7-11)20-9-17-12/h2-7,9,16,18H,8H2,1H3. The second kappa shape index (κ2) is 5.38. The highest BCUT2D eigenvalue weighted by molar-refractivity contribution is 7.16. The summed E-state index contributed by atoms with van der Waals surface area (Å²) in [7, 11) is 1.55. The zero-order chi connectivity index (χ0) is 13.9. The van der Waals surface area contributed by atoms with Crippen LogP contribution in [0.25, 0.3) is 10.2 Å². The van der Waals surface area contributed by atoms with Gasteiger partial charge in [0.25, 0.3) is 0 Å². The first kappa shape index (κ1) is 12.7. The summed E-state index contributed by atoms with van der Waals surface area (Å²) in [5.74, 6) is 0.643. The van der Waals surface area contributed by atoms with E-state index in [0.29, 0.717) is 12.3 Å². The van der Waals surface area contributed by atoms with E-state index in [1.807, 2.05) is 29.8 Å². The molecule has 0 fully saturated rings. The van der Waals surface area contributed by atoms with Crippen LogP contribution in [0.2, 0.25) is 0 Å². The Labute approximate surface area is 120 Å². The molecule has 0 atom stereocenters. The molecule has 0 saturated heterocycles. The van der Waals surface area contributed by atoms with Gasteiger partial charge >= 0.3 is 0 Å². The minimum Gasteiger partial charge on any atom is -0.504 e. The average Bonchev–Trinajstić information content (AvgIpc) is 2.94. The number of aromatic hydroxyl groups is 1. The first-order chi connectivity index (χ1) is 9.76. The molecule has 1 heterocycles. The summed E-state index contributed by atoms with van der Waals surface area (Å²) in [6.07, 6.45) is 0. The Balaban J connectivity index is 1.75. The van der Waals surface area contributed by atoms with E-state index in [-0.39, 0.29) is 5.75 Å². The summed E-state index contributed by atoms with van der Waals surface area (Å²) in [6, 6.07) is 11.4. The number of nitrogens with zero attached hydrogens (tertiary/aromatic N) is 1. The van der Waals surface area contributed by atoms with E-state index < -0.39 is 0 Å². The van der Waals surface area contributed by atoms with Crippen LogP contribution in [0.1, 0.15) is 5.56 Å². The molecule has 3 aromatic rings. The monoisotopic (exact) mass is 286 g/mol. The van der Waals surface area contributed by atoms with Gasteiger partial charge in [-0.25, -0.2) is 4.98 Å². The van der Waals surface area contributed by atoms with Crippen molar-refractivity contribution in [3.63, 3.8) is 0 Å². The van der Waals surface area contributed by atoms with Gasteiger partial charge in [0, 0.05) is 12.2 Å². The van der Waals surface area contributed by atoms with Gasteiger partial charge in [-0.2, -0.15) is 0 Å². The molecule has 0 unspecified atom stereocenters. The highest BCUT2D eigenvalue weighted by atomic mass is 32.1. The molecule has 0 spiro atoms. The fourth-order valence-electron chi connectivity index (χ4n) is 2.00. The molecule has 20 heavy (non-hydrogen) atoms. The van der Waals surface area contributed by atoms with Crippen LogP contribution in [0.3, 0.4) is 0 Å². The van der Waals surface area contributed by atoms with Crippen LogP contribution in [0.4, 0.5) is 5.69 Å². The lowest BCUT2D eigenvalue weighted by atomic mass is 10.2. The predicted octanol–water partition coefficient (Wildman–Crippen LogP) is 3.62. The number of phenols is 1. The second-order valence-corrected chi connectivity index (χ2v) is 5.28. The molecule has 3 rings (SSSR count). The molecule has 0 aliphatic heterocycles. The number of hydrogen-bond acceptors (Lipinski definition) is 5. The zero-order valence-corrected chi connectivity index (χ0v) is 11.8. The van der Waals surface area contributed by atoms with Crippen molar-refractivity contribution < 1.29 is 9.84 Å². The van der Waals surface area contributed by atoms with Gasteiger partial charge in [-0.15, -0.1) is 11.3 Å². The Morgan fingerprint density at radius 2 is 2.15 bits per heavy atom. The van der Waals surface area contributed by atoms with E-state index in [1.54, 1.807) is 24.5 Å². The maximum Gasteiger partial charge on any atom is 0.160 e. The van der Waals surface area contributed by atoms with Gasteiger partial charge in [0.15, 0.2) is 11.5 Å². The van der Waals surface area contributed by atoms with Crippen molar-refractivity contribution in [3.05, 3.63) is 47.5 Å². The highest BCUT2D eigenvalue weighted by Gasteiger charge is 2.03. The lowest BCUT2D eigenvalue weighted by Crippen LogP contribution is -1.99. The van der Waals surface area contributed by atoms with Crippen LogP contribution in [-0.4, -0.2) is 17.2 Å². The number of rotatable bonds is 4. The van der Waals surface area contributed by atoms with Crippen LogP contribution in [0.15, 0.2) is 41.9 Å². The Hall–Kier alpha value is -2.27. The lowest BCUT2D eigenvalue weighted by molar-refractivity contribution is 0.373. The SMILES string of the molecule is COc1cc(CNc2ccc3ncsc3c2)ccc1O. The van der Waals surface area contributed by atoms with Crippen LogP contribution in [0, 0.1) is 0 Å². The molecule has 4 nitrogen and oxygen atoms in total. The van der Waals surface area contributed by atoms with Crippen molar-refractivity contribution in [2.45, 2.75) is 6.54 Å². The number of anilines is 1. The molecule has 2 N–H and O–H groups in total. The van der Waals surface area contributed by atoms with Crippen molar-refractivity contribution in [2.75, 3.05) is 12.4 Å². The third-order valence-corrected chi connectivity index (χ3v) is 3.86. The zero-order valence-electron chi connectivity index (χ0n) is 11.0. The number of benzene rings is 2. The van der Waals surface area contributed by atoms with Gasteiger partial charge in [0.05, 0.1) is 22.8 Å². The van der Waals surface area contributed by atoms with Crippen LogP contribution < -0.4 is 10.1 Å². The Bertz CT molecular complexity index is 740. The first-order valence-corrected chi connectivity index (χ1v) is 7.07. The number of hydrogen-bond donors (Lipinski definition) is 2. The Morgan fingerprint density at radius 3 is 3.00 bits per heavy atom. The predicted molar refractivity (Wildman–Crippen MR) is 81.6 cm³/mol. The van der Waals surface area contributed by atoms with Gasteiger partial charge in [-0.05, 0) is 35.9 Å². The third-order valence-electron chi connectivity index (χ3n) is 3.07. The van der Waals surface area contributed by atoms with Crippen molar-refractivity contribution in [3.8, 4) is 11.5 Å². The summed E-state index contributed by atoms with van der Waals surface area (Å²) in [5.41, 5.74) is 4.96. The van der Waals surface area contributed by atoms with E-state index in [2.05, 4.69) is 16.4 Å². The fourth-order valence-corrected chi connectivity index (χ4v) is 2.72. The van der Waals surface area contributed by atoms with Gasteiger partial charge in [0.2, 0.25) is 0 Å². The lowest BCUT2D eigenvalue weighted by Gasteiger charge is -2.09. The van der Waals surface area contributed by atoms with E-state index in [0.717, 1.165) is 16.8 Å². The van der Waals surface area contributed by atoms with Crippen LogP contribution >= 0.6 is 11.3 Å². The maximum atomic E-state index is 9.56. The van der Waals surface area contributed by atoms with E-state index in [1.165, 1.54) is 4.70 Å². The molecule has 0 bridgehead atoms. The molecule has 1 aromatic heterocycles. The normalized spacial score (nSPS) is 10.7. The maximum absolute atomic E-state index is 9.56. The fraction of sp³-hybridized carbons (Fsp3) is 0.133. The minimum atomic E-state index is 0.155. The molecule has 0 aliphatic carbocycles. The number of phenolic OH excluding ortho intramolecular Hbond substituents is 1. The molecule has 0 aliphatic rings. The van der Waals surface area contributed by atoms with Crippen molar-refractivity contribution in [2.24, 2.45) is 0 Å². The van der Waals surface area contributed by atoms with E-state index in [4.69, 9.17) is 4.74 Å². The average molecular weight is 286 g/mol. The summed E-state index contributed by atoms with van der Waals surface area (Å²) in [6.45, 7) is 0.668. The van der Waals surface area contributed by atoms with Crippen LogP contribution in [-0.2, 0) is 6.54 Å². The Morgan fingerprint density at radius 1 is 1.25 bits per heavy atom. The van der Waals surface area contributed by atoms with Crippen molar-refractivity contribution in [1.29, 1.82) is 0 Å². The van der Waals surface area contributed by atoms with Gasteiger partial charge < -0.3 is 15.2 Å². The number of fused-ring (bicyclic) bond motifs is 1. The molecule has 5 heteroatoms. The summed E-state index contributed by atoms with van der Waals surface area (Å²) < 4.78 is 6.27. The van der Waals surface area contributed by atoms with E-state index in [9.17, 15) is 5.11 Å². The second-order valence-electron chi connectivity index (χ2n) is 4.39. The minimum absolute atomic E-state index is 0.155. The molecule has 102 valence electrons. The van der Waals surface area contributed by atoms with Crippen LogP contribution in [0.5, 0.6) is 11.5 Å². The quantitative estimate of drug-likeness (QED) is 0.769. The number of ether oxygens (including phenoxy) is 1. The number of nitrogens with one attached hydrogen (secondary N) is 1. The summed E-state index contributed by atoms with van der Waals surface area (Å²) in [5, 5.41) is 12.9. The molecule has 2 aromatic carbocycles. The molecular weight excluding hydrogens is 272 g/mol. The smallest absolute Gasteiger partial charge is 0.160 e. The molecular formula is C15H14N2O2S. The first-order valence-electron chi connectivity index (χ1n) is 6.19. The number of thiazole rings is 1. The summed E-state index contributed by atoms with van der Waals surface area (Å²) in [4.78, 5) is 4.26. The molecule has 0 radical (unpaired) electrons. The van der Waals surface area contributed by atoms with Gasteiger partial charge in [-0.3, -0.25) is 0 Å². The summed E-state index contributed by atoms with van der Waals surface area (Å²) >= 11 is 1.63. The van der Waals surface area contributed by atoms with Crippen molar-refractivity contribution >= 4 is 27.2 Å². The molecule has 0 saturated carbocycles. The molecule has 0 amide bonds. The van der Waals surface area contributed by atoms with Gasteiger partial charge in [0.1, 0.15) is 0 Å². The van der Waals surface area contributed by atoms with E-state index >= 15 is 0 Å². The Kier molecular flexibility index (Phi) is 3.43. The third kappa shape index (κ3) is 2.53. The highest BCUT2D eigenvalue weighted by Crippen LogP contribution is 2.27. The van der Waals surface area contributed by atoms with Crippen molar-refractivity contribution in [1.82, 2.24) is 4.98 Å².